The maximum atomic E-state index is 11.8. The van der Waals surface area contributed by atoms with E-state index in [2.05, 4.69) is 15.0 Å². The SMILES string of the molecule is Nc1nc2c(ncn2[C@@]23C[C@H](O)[C@@H](CO)[C@@H]2C3)c(=O)[nH]1. The van der Waals surface area contributed by atoms with Gasteiger partial charge in [0.25, 0.3) is 5.56 Å². The number of aliphatic hydroxyl groups is 2. The fraction of sp³-hybridized carbons (Fsp3) is 0.583. The molecule has 0 spiro atoms. The molecule has 4 rings (SSSR count). The molecule has 2 fully saturated rings. The Balaban J connectivity index is 1.87. The molecule has 0 radical (unpaired) electrons. The zero-order valence-electron chi connectivity index (χ0n) is 10.7. The van der Waals surface area contributed by atoms with Crippen LogP contribution in [0.3, 0.4) is 0 Å². The van der Waals surface area contributed by atoms with Crippen LogP contribution in [-0.4, -0.2) is 42.4 Å². The minimum atomic E-state index is -0.532. The molecule has 0 bridgehead atoms. The molecule has 2 aliphatic rings. The van der Waals surface area contributed by atoms with Crippen molar-refractivity contribution >= 4 is 17.1 Å². The molecular weight excluding hydrogens is 262 g/mol. The van der Waals surface area contributed by atoms with E-state index in [9.17, 15) is 15.0 Å². The molecule has 0 aromatic carbocycles. The number of imidazole rings is 1. The van der Waals surface area contributed by atoms with E-state index in [4.69, 9.17) is 5.73 Å². The summed E-state index contributed by atoms with van der Waals surface area (Å²) in [6.45, 7) is -0.0314. The Kier molecular flexibility index (Phi) is 2.13. The van der Waals surface area contributed by atoms with Crippen LogP contribution in [0, 0.1) is 11.8 Å². The Morgan fingerprint density at radius 1 is 1.55 bits per heavy atom. The van der Waals surface area contributed by atoms with Crippen LogP contribution < -0.4 is 11.3 Å². The van der Waals surface area contributed by atoms with Crippen LogP contribution in [0.2, 0.25) is 0 Å². The third kappa shape index (κ3) is 1.30. The quantitative estimate of drug-likeness (QED) is 0.545. The number of aliphatic hydroxyl groups excluding tert-OH is 2. The number of rotatable bonds is 2. The topological polar surface area (TPSA) is 130 Å². The van der Waals surface area contributed by atoms with E-state index in [1.54, 1.807) is 6.33 Å². The van der Waals surface area contributed by atoms with E-state index < -0.39 is 6.10 Å². The van der Waals surface area contributed by atoms with Gasteiger partial charge in [-0.3, -0.25) is 9.78 Å². The number of anilines is 1. The number of nitrogens with one attached hydrogen (secondary N) is 1. The summed E-state index contributed by atoms with van der Waals surface area (Å²) < 4.78 is 1.84. The molecule has 0 unspecified atom stereocenters. The maximum Gasteiger partial charge on any atom is 0.280 e. The molecule has 0 saturated heterocycles. The normalized spacial score (nSPS) is 35.4. The van der Waals surface area contributed by atoms with E-state index in [1.807, 2.05) is 4.57 Å². The lowest BCUT2D eigenvalue weighted by atomic mass is 10.0. The van der Waals surface area contributed by atoms with E-state index in [1.165, 1.54) is 0 Å². The Labute approximate surface area is 113 Å². The van der Waals surface area contributed by atoms with Gasteiger partial charge in [-0.05, 0) is 18.8 Å². The minimum Gasteiger partial charge on any atom is -0.396 e. The van der Waals surface area contributed by atoms with Crippen molar-refractivity contribution in [3.05, 3.63) is 16.7 Å². The van der Waals surface area contributed by atoms with Crippen LogP contribution in [0.1, 0.15) is 12.8 Å². The number of hydrogen-bond donors (Lipinski definition) is 4. The summed E-state index contributed by atoms with van der Waals surface area (Å²) in [7, 11) is 0. The second-order valence-electron chi connectivity index (χ2n) is 5.77. The number of nitrogen functional groups attached to an aromatic ring is 1. The minimum absolute atomic E-state index is 0.0314. The van der Waals surface area contributed by atoms with Crippen LogP contribution in [0.15, 0.2) is 11.1 Å². The van der Waals surface area contributed by atoms with E-state index in [0.717, 1.165) is 6.42 Å². The van der Waals surface area contributed by atoms with Gasteiger partial charge in [0.2, 0.25) is 5.95 Å². The van der Waals surface area contributed by atoms with Crippen molar-refractivity contribution in [2.24, 2.45) is 11.8 Å². The number of fused-ring (bicyclic) bond motifs is 2. The molecule has 2 heterocycles. The average molecular weight is 277 g/mol. The first-order valence-electron chi connectivity index (χ1n) is 6.59. The first-order valence-corrected chi connectivity index (χ1v) is 6.59. The summed E-state index contributed by atoms with van der Waals surface area (Å²) in [6, 6.07) is 0. The van der Waals surface area contributed by atoms with Gasteiger partial charge in [0.15, 0.2) is 11.2 Å². The van der Waals surface area contributed by atoms with E-state index >= 15 is 0 Å². The van der Waals surface area contributed by atoms with Gasteiger partial charge < -0.3 is 20.5 Å². The second kappa shape index (κ2) is 3.58. The largest absolute Gasteiger partial charge is 0.396 e. The molecule has 0 amide bonds. The highest BCUT2D eigenvalue weighted by Gasteiger charge is 2.66. The molecular formula is C12H15N5O3. The zero-order chi connectivity index (χ0) is 14.1. The number of aromatic amines is 1. The molecule has 2 saturated carbocycles. The van der Waals surface area contributed by atoms with Crippen LogP contribution in [0.25, 0.3) is 11.2 Å². The molecule has 20 heavy (non-hydrogen) atoms. The van der Waals surface area contributed by atoms with Crippen molar-refractivity contribution in [3.63, 3.8) is 0 Å². The molecule has 106 valence electrons. The van der Waals surface area contributed by atoms with Crippen molar-refractivity contribution in [1.82, 2.24) is 19.5 Å². The Hall–Kier alpha value is -1.93. The van der Waals surface area contributed by atoms with Gasteiger partial charge in [-0.15, -0.1) is 0 Å². The first kappa shape index (κ1) is 11.9. The van der Waals surface area contributed by atoms with Crippen molar-refractivity contribution in [3.8, 4) is 0 Å². The summed E-state index contributed by atoms with van der Waals surface area (Å²) in [5.41, 5.74) is 5.64. The highest BCUT2D eigenvalue weighted by molar-refractivity contribution is 5.71. The van der Waals surface area contributed by atoms with Crippen LogP contribution in [0.4, 0.5) is 5.95 Å². The lowest BCUT2D eigenvalue weighted by Crippen LogP contribution is -2.22. The molecule has 2 aromatic rings. The highest BCUT2D eigenvalue weighted by atomic mass is 16.3. The van der Waals surface area contributed by atoms with Crippen molar-refractivity contribution in [2.75, 3.05) is 12.3 Å². The number of nitrogens with two attached hydrogens (primary N) is 1. The molecule has 2 aromatic heterocycles. The number of hydrogen-bond acceptors (Lipinski definition) is 6. The monoisotopic (exact) mass is 277 g/mol. The average Bonchev–Trinajstić information content (AvgIpc) is 2.81. The molecule has 8 heteroatoms. The lowest BCUT2D eigenvalue weighted by molar-refractivity contribution is 0.0716. The number of aromatic nitrogens is 4. The van der Waals surface area contributed by atoms with Crippen LogP contribution in [0.5, 0.6) is 0 Å². The summed E-state index contributed by atoms with van der Waals surface area (Å²) in [4.78, 5) is 22.5. The molecule has 4 atom stereocenters. The summed E-state index contributed by atoms with van der Waals surface area (Å²) in [5.74, 6) is 0.129. The second-order valence-corrected chi connectivity index (χ2v) is 5.77. The zero-order valence-corrected chi connectivity index (χ0v) is 10.7. The van der Waals surface area contributed by atoms with Gasteiger partial charge in [-0.1, -0.05) is 0 Å². The molecule has 8 nitrogen and oxygen atoms in total. The number of nitrogens with zero attached hydrogens (tertiary/aromatic N) is 3. The summed E-state index contributed by atoms with van der Waals surface area (Å²) >= 11 is 0. The Morgan fingerprint density at radius 2 is 2.35 bits per heavy atom. The third-order valence-corrected chi connectivity index (χ3v) is 4.79. The lowest BCUT2D eigenvalue weighted by Gasteiger charge is -2.16. The Morgan fingerprint density at radius 3 is 3.05 bits per heavy atom. The van der Waals surface area contributed by atoms with Crippen LogP contribution >= 0.6 is 0 Å². The van der Waals surface area contributed by atoms with Crippen LogP contribution in [-0.2, 0) is 5.54 Å². The van der Waals surface area contributed by atoms with Crippen molar-refractivity contribution < 1.29 is 10.2 Å². The Bertz CT molecular complexity index is 753. The highest BCUT2D eigenvalue weighted by Crippen LogP contribution is 2.64. The fourth-order valence-corrected chi connectivity index (χ4v) is 3.76. The van der Waals surface area contributed by atoms with Gasteiger partial charge in [0.1, 0.15) is 0 Å². The fourth-order valence-electron chi connectivity index (χ4n) is 3.76. The molecule has 0 aliphatic heterocycles. The number of H-pyrrole nitrogens is 1. The predicted molar refractivity (Wildman–Crippen MR) is 69.8 cm³/mol. The third-order valence-electron chi connectivity index (χ3n) is 4.79. The van der Waals surface area contributed by atoms with Gasteiger partial charge in [-0.25, -0.2) is 4.98 Å². The first-order chi connectivity index (χ1) is 9.56. The molecule has 5 N–H and O–H groups in total. The van der Waals surface area contributed by atoms with Gasteiger partial charge in [0, 0.05) is 12.5 Å². The van der Waals surface area contributed by atoms with Crippen molar-refractivity contribution in [2.45, 2.75) is 24.5 Å². The van der Waals surface area contributed by atoms with Crippen molar-refractivity contribution in [1.29, 1.82) is 0 Å². The summed E-state index contributed by atoms with van der Waals surface area (Å²) in [6.07, 6.45) is 2.45. The smallest absolute Gasteiger partial charge is 0.280 e. The summed E-state index contributed by atoms with van der Waals surface area (Å²) in [5, 5.41) is 19.4. The predicted octanol–water partition coefficient (Wildman–Crippen LogP) is -1.21. The van der Waals surface area contributed by atoms with E-state index in [-0.39, 0.29) is 41.0 Å². The van der Waals surface area contributed by atoms with Gasteiger partial charge >= 0.3 is 0 Å². The van der Waals surface area contributed by atoms with E-state index in [0.29, 0.717) is 12.1 Å². The standard InChI is InChI=1S/C12H15N5O3/c13-11-15-9-8(10(20)16-11)14-4-17(9)12-1-6(12)5(3-18)7(19)2-12/h4-7,18-19H,1-3H2,(H3,13,15,16,20)/t5-,6-,7-,12-/m0/s1. The van der Waals surface area contributed by atoms with Gasteiger partial charge in [0.05, 0.1) is 18.0 Å². The maximum absolute atomic E-state index is 11.8. The molecule has 2 aliphatic carbocycles. The van der Waals surface area contributed by atoms with Gasteiger partial charge in [-0.2, -0.15) is 4.98 Å².